The second-order valence-corrected chi connectivity index (χ2v) is 3.13. The maximum Gasteiger partial charge on any atom is 0.0721 e. The highest BCUT2D eigenvalue weighted by Gasteiger charge is 1.88. The summed E-state index contributed by atoms with van der Waals surface area (Å²) >= 11 is 0. The molecule has 15 heavy (non-hydrogen) atoms. The van der Waals surface area contributed by atoms with E-state index in [2.05, 4.69) is 12.1 Å². The van der Waals surface area contributed by atoms with Gasteiger partial charge in [0, 0.05) is 6.61 Å². The molecule has 0 saturated heterocycles. The predicted molar refractivity (Wildman–Crippen MR) is 61.7 cm³/mol. The molecule has 0 amide bonds. The van der Waals surface area contributed by atoms with Gasteiger partial charge < -0.3 is 9.47 Å². The first kappa shape index (κ1) is 12.0. The zero-order chi connectivity index (χ0) is 10.8. The standard InChI is InChI=1S/C13H18O2/c1-2-14-10-6-7-11-15-12-13-8-4-3-5-9-13/h3-9H,2,10-12H2,1H3. The van der Waals surface area contributed by atoms with Crippen LogP contribution in [0.3, 0.4) is 0 Å². The first-order valence-electron chi connectivity index (χ1n) is 5.28. The third-order valence-corrected chi connectivity index (χ3v) is 1.91. The van der Waals surface area contributed by atoms with Crippen LogP contribution in [0.1, 0.15) is 12.5 Å². The fourth-order valence-electron chi connectivity index (χ4n) is 1.14. The van der Waals surface area contributed by atoms with E-state index >= 15 is 0 Å². The van der Waals surface area contributed by atoms with Crippen LogP contribution in [0.15, 0.2) is 42.5 Å². The number of rotatable bonds is 7. The van der Waals surface area contributed by atoms with E-state index in [0.717, 1.165) is 6.61 Å². The number of hydrogen-bond acceptors (Lipinski definition) is 2. The molecule has 2 heteroatoms. The molecule has 82 valence electrons. The molecule has 0 fully saturated rings. The zero-order valence-electron chi connectivity index (χ0n) is 9.19. The van der Waals surface area contributed by atoms with Gasteiger partial charge in [0.1, 0.15) is 0 Å². The first-order chi connectivity index (χ1) is 7.43. The van der Waals surface area contributed by atoms with Crippen molar-refractivity contribution in [2.75, 3.05) is 19.8 Å². The molecule has 0 heterocycles. The Kier molecular flexibility index (Phi) is 6.54. The van der Waals surface area contributed by atoms with Crippen LogP contribution in [-0.2, 0) is 16.1 Å². The number of ether oxygens (including phenoxy) is 2. The summed E-state index contributed by atoms with van der Waals surface area (Å²) in [5.74, 6) is 0. The number of benzene rings is 1. The minimum absolute atomic E-state index is 0.641. The summed E-state index contributed by atoms with van der Waals surface area (Å²) in [6.07, 6.45) is 3.97. The van der Waals surface area contributed by atoms with E-state index < -0.39 is 0 Å². The van der Waals surface area contributed by atoms with Gasteiger partial charge in [0.15, 0.2) is 0 Å². The lowest BCUT2D eigenvalue weighted by Crippen LogP contribution is -1.93. The quantitative estimate of drug-likeness (QED) is 0.504. The molecule has 0 aliphatic rings. The van der Waals surface area contributed by atoms with Crippen LogP contribution in [0.2, 0.25) is 0 Å². The van der Waals surface area contributed by atoms with Crippen molar-refractivity contribution < 1.29 is 9.47 Å². The van der Waals surface area contributed by atoms with Crippen LogP contribution in [0.5, 0.6) is 0 Å². The highest BCUT2D eigenvalue weighted by atomic mass is 16.5. The maximum atomic E-state index is 5.46. The Morgan fingerprint density at radius 1 is 1.00 bits per heavy atom. The Morgan fingerprint density at radius 2 is 1.67 bits per heavy atom. The molecular formula is C13H18O2. The summed E-state index contributed by atoms with van der Waals surface area (Å²) in [5.41, 5.74) is 1.20. The largest absolute Gasteiger partial charge is 0.378 e. The Bertz CT molecular complexity index is 267. The molecule has 0 spiro atoms. The summed E-state index contributed by atoms with van der Waals surface area (Å²) in [7, 11) is 0. The maximum absolute atomic E-state index is 5.46. The normalized spacial score (nSPS) is 11.0. The van der Waals surface area contributed by atoms with E-state index in [1.165, 1.54) is 5.56 Å². The van der Waals surface area contributed by atoms with Crippen molar-refractivity contribution in [2.24, 2.45) is 0 Å². The third kappa shape index (κ3) is 6.05. The van der Waals surface area contributed by atoms with Crippen molar-refractivity contribution in [3.05, 3.63) is 48.0 Å². The Balaban J connectivity index is 2.04. The average Bonchev–Trinajstić information content (AvgIpc) is 2.29. The van der Waals surface area contributed by atoms with E-state index in [4.69, 9.17) is 9.47 Å². The van der Waals surface area contributed by atoms with Crippen molar-refractivity contribution in [2.45, 2.75) is 13.5 Å². The molecule has 0 aromatic heterocycles. The van der Waals surface area contributed by atoms with Crippen molar-refractivity contribution >= 4 is 0 Å². The van der Waals surface area contributed by atoms with Crippen LogP contribution < -0.4 is 0 Å². The molecule has 0 aliphatic carbocycles. The van der Waals surface area contributed by atoms with Crippen LogP contribution in [0.4, 0.5) is 0 Å². The predicted octanol–water partition coefficient (Wildman–Crippen LogP) is 2.80. The topological polar surface area (TPSA) is 18.5 Å². The van der Waals surface area contributed by atoms with Crippen molar-refractivity contribution in [3.8, 4) is 0 Å². The molecule has 0 aliphatic heterocycles. The van der Waals surface area contributed by atoms with E-state index in [-0.39, 0.29) is 0 Å². The molecule has 1 rings (SSSR count). The highest BCUT2D eigenvalue weighted by molar-refractivity contribution is 5.13. The fraction of sp³-hybridized carbons (Fsp3) is 0.385. The first-order valence-corrected chi connectivity index (χ1v) is 5.28. The van der Waals surface area contributed by atoms with Crippen molar-refractivity contribution in [1.29, 1.82) is 0 Å². The highest BCUT2D eigenvalue weighted by Crippen LogP contribution is 1.99. The van der Waals surface area contributed by atoms with Gasteiger partial charge in [0.05, 0.1) is 19.8 Å². The van der Waals surface area contributed by atoms with Crippen LogP contribution in [-0.4, -0.2) is 19.8 Å². The monoisotopic (exact) mass is 206 g/mol. The molecule has 1 aromatic rings. The number of hydrogen-bond donors (Lipinski definition) is 0. The summed E-state index contributed by atoms with van der Waals surface area (Å²) < 4.78 is 10.6. The van der Waals surface area contributed by atoms with Gasteiger partial charge in [-0.25, -0.2) is 0 Å². The van der Waals surface area contributed by atoms with Gasteiger partial charge in [0.2, 0.25) is 0 Å². The van der Waals surface area contributed by atoms with E-state index in [1.54, 1.807) is 0 Å². The third-order valence-electron chi connectivity index (χ3n) is 1.91. The summed E-state index contributed by atoms with van der Waals surface area (Å²) in [6.45, 7) is 4.72. The molecular weight excluding hydrogens is 188 g/mol. The van der Waals surface area contributed by atoms with Gasteiger partial charge in [-0.2, -0.15) is 0 Å². The van der Waals surface area contributed by atoms with E-state index in [9.17, 15) is 0 Å². The van der Waals surface area contributed by atoms with Gasteiger partial charge >= 0.3 is 0 Å². The Morgan fingerprint density at radius 3 is 2.33 bits per heavy atom. The van der Waals surface area contributed by atoms with Crippen molar-refractivity contribution in [1.82, 2.24) is 0 Å². The van der Waals surface area contributed by atoms with Gasteiger partial charge in [0.25, 0.3) is 0 Å². The second-order valence-electron chi connectivity index (χ2n) is 3.13. The lowest BCUT2D eigenvalue weighted by atomic mass is 10.2. The molecule has 0 unspecified atom stereocenters. The molecule has 1 aromatic carbocycles. The summed E-state index contributed by atoms with van der Waals surface area (Å²) in [4.78, 5) is 0. The van der Waals surface area contributed by atoms with Gasteiger partial charge in [-0.1, -0.05) is 42.5 Å². The minimum atomic E-state index is 0.641. The molecule has 0 saturated carbocycles. The van der Waals surface area contributed by atoms with Gasteiger partial charge in [-0.05, 0) is 12.5 Å². The summed E-state index contributed by atoms with van der Waals surface area (Å²) in [5, 5.41) is 0. The minimum Gasteiger partial charge on any atom is -0.378 e. The molecule has 0 N–H and O–H groups in total. The SMILES string of the molecule is CCOCC=CCOCc1ccccc1. The average molecular weight is 206 g/mol. The molecule has 2 nitrogen and oxygen atoms in total. The second kappa shape index (κ2) is 8.21. The smallest absolute Gasteiger partial charge is 0.0721 e. The molecule has 0 bridgehead atoms. The van der Waals surface area contributed by atoms with Crippen LogP contribution >= 0.6 is 0 Å². The van der Waals surface area contributed by atoms with Crippen molar-refractivity contribution in [3.63, 3.8) is 0 Å². The van der Waals surface area contributed by atoms with Crippen LogP contribution in [0, 0.1) is 0 Å². The molecule has 0 radical (unpaired) electrons. The van der Waals surface area contributed by atoms with Gasteiger partial charge in [-0.15, -0.1) is 0 Å². The lowest BCUT2D eigenvalue weighted by molar-refractivity contribution is 0.146. The Labute approximate surface area is 91.5 Å². The summed E-state index contributed by atoms with van der Waals surface area (Å²) in [6, 6.07) is 10.2. The zero-order valence-corrected chi connectivity index (χ0v) is 9.19. The lowest BCUT2D eigenvalue weighted by Gasteiger charge is -2.00. The molecule has 0 atom stereocenters. The Hall–Kier alpha value is -1.12. The van der Waals surface area contributed by atoms with Crippen LogP contribution in [0.25, 0.3) is 0 Å². The van der Waals surface area contributed by atoms with E-state index in [1.807, 2.05) is 37.3 Å². The van der Waals surface area contributed by atoms with E-state index in [0.29, 0.717) is 19.8 Å². The fourth-order valence-corrected chi connectivity index (χ4v) is 1.14. The van der Waals surface area contributed by atoms with Gasteiger partial charge in [-0.3, -0.25) is 0 Å².